The minimum Gasteiger partial charge on any atom is -0.382 e. The molecular weight excluding hydrogens is 680 g/mol. The second kappa shape index (κ2) is 11.4. The highest BCUT2D eigenvalue weighted by atomic mass is 32.5. The molecule has 0 saturated carbocycles. The first kappa shape index (κ1) is 31.3. The van der Waals surface area contributed by atoms with Gasteiger partial charge in [0.25, 0.3) is 5.56 Å². The van der Waals surface area contributed by atoms with Crippen LogP contribution in [0.5, 0.6) is 0 Å². The van der Waals surface area contributed by atoms with Crippen LogP contribution in [-0.4, -0.2) is 109 Å². The molecule has 7 heterocycles. The maximum atomic E-state index is 16.1. The van der Waals surface area contributed by atoms with Gasteiger partial charge in [0.1, 0.15) is 36.3 Å². The third-order valence-corrected chi connectivity index (χ3v) is 10.1. The molecule has 25 heteroatoms. The van der Waals surface area contributed by atoms with Crippen molar-refractivity contribution in [2.45, 2.75) is 49.1 Å². The number of hydrogen-bond donors (Lipinski definition) is 5. The number of hydrogen-bond acceptors (Lipinski definition) is 17. The summed E-state index contributed by atoms with van der Waals surface area (Å²) in [6.07, 6.45) is -8.00. The highest BCUT2D eigenvalue weighted by Gasteiger charge is 2.53. The fraction of sp³-hybridized carbons (Fsp3) is 0.524. The van der Waals surface area contributed by atoms with Crippen LogP contribution in [0.3, 0.4) is 0 Å². The SMILES string of the molecule is COC1C2COP(O)(=S)OC3C(CNS(=O)(=O)OC1C(n1cnc4c(=O)[nH]c(N)nc41)O2)OC(n1cnc2c(N)ncnc21)C3F. The number of anilines is 2. The van der Waals surface area contributed by atoms with E-state index < -0.39 is 84.9 Å². The van der Waals surface area contributed by atoms with Crippen molar-refractivity contribution in [3.63, 3.8) is 0 Å². The summed E-state index contributed by atoms with van der Waals surface area (Å²) < 4.78 is 81.6. The van der Waals surface area contributed by atoms with Gasteiger partial charge in [-0.25, -0.2) is 28.5 Å². The van der Waals surface area contributed by atoms with E-state index in [1.165, 1.54) is 28.9 Å². The molecule has 21 nitrogen and oxygen atoms in total. The van der Waals surface area contributed by atoms with Gasteiger partial charge in [0.15, 0.2) is 47.4 Å². The summed E-state index contributed by atoms with van der Waals surface area (Å²) in [6.45, 7) is -5.38. The largest absolute Gasteiger partial charge is 0.382 e. The van der Waals surface area contributed by atoms with Crippen molar-refractivity contribution in [3.8, 4) is 0 Å². The third-order valence-electron chi connectivity index (χ3n) is 7.57. The summed E-state index contributed by atoms with van der Waals surface area (Å²) in [5.74, 6) is -0.193. The van der Waals surface area contributed by atoms with Gasteiger partial charge in [0.05, 0.1) is 19.3 Å². The van der Waals surface area contributed by atoms with E-state index in [0.717, 1.165) is 6.33 Å². The van der Waals surface area contributed by atoms with Crippen molar-refractivity contribution >= 4 is 62.9 Å². The molecular formula is C21H25FN11O10PS2. The Balaban J connectivity index is 1.22. The molecule has 9 unspecified atom stereocenters. The molecule has 3 fully saturated rings. The number of H-pyrrole nitrogens is 1. The molecule has 7 N–H and O–H groups in total. The lowest BCUT2D eigenvalue weighted by Crippen LogP contribution is -2.44. The smallest absolute Gasteiger partial charge is 0.336 e. The monoisotopic (exact) mass is 705 g/mol. The fourth-order valence-electron chi connectivity index (χ4n) is 5.56. The van der Waals surface area contributed by atoms with E-state index in [1.54, 1.807) is 0 Å². The highest BCUT2D eigenvalue weighted by molar-refractivity contribution is 8.07. The first-order valence-corrected chi connectivity index (χ1v) is 17.3. The number of halogens is 1. The van der Waals surface area contributed by atoms with E-state index in [2.05, 4.69) is 34.6 Å². The number of rotatable bonds is 3. The van der Waals surface area contributed by atoms with E-state index >= 15 is 4.39 Å². The number of aromatic nitrogens is 8. The lowest BCUT2D eigenvalue weighted by atomic mass is 10.1. The quantitative estimate of drug-likeness (QED) is 0.146. The van der Waals surface area contributed by atoms with Crippen LogP contribution in [-0.2, 0) is 49.6 Å². The molecule has 0 amide bonds. The summed E-state index contributed by atoms with van der Waals surface area (Å²) in [6, 6.07) is 0. The van der Waals surface area contributed by atoms with Gasteiger partial charge in [0.2, 0.25) is 5.95 Å². The predicted octanol–water partition coefficient (Wildman–Crippen LogP) is -1.88. The fourth-order valence-corrected chi connectivity index (χ4v) is 7.93. The number of methoxy groups -OCH3 is 1. The van der Waals surface area contributed by atoms with Crippen LogP contribution in [0.25, 0.3) is 22.3 Å². The van der Waals surface area contributed by atoms with Gasteiger partial charge in [-0.05, 0) is 11.8 Å². The Kier molecular flexibility index (Phi) is 7.79. The van der Waals surface area contributed by atoms with Gasteiger partial charge >= 0.3 is 17.0 Å². The molecule has 9 atom stereocenters. The minimum atomic E-state index is -4.68. The average Bonchev–Trinajstić information content (AvgIpc) is 3.75. The zero-order chi connectivity index (χ0) is 32.5. The zero-order valence-electron chi connectivity index (χ0n) is 23.3. The molecule has 3 aliphatic heterocycles. The standard InChI is InChI=1S/C21H25FN11O10PS2/c1-38-13-8-3-39-44(35,45)42-12-7(40-19(9(12)22)32-5-27-10-15(23)25-4-26-16(10)32)2-29-46(36,37)43-14(13)20(41-8)33-6-28-11-17(33)30-21(24)31-18(11)34/h4-9,12-14,19-20,29H,2-3H2,1H3,(H,35,45)(H2,23,25,26)(H3,24,30,31,34). The number of nitrogens with two attached hydrogens (primary N) is 2. The average molecular weight is 706 g/mol. The summed E-state index contributed by atoms with van der Waals surface area (Å²) in [5, 5.41) is 0. The van der Waals surface area contributed by atoms with E-state index in [9.17, 15) is 18.1 Å². The number of alkyl halides is 1. The van der Waals surface area contributed by atoms with Gasteiger partial charge < -0.3 is 35.1 Å². The lowest BCUT2D eigenvalue weighted by molar-refractivity contribution is -0.0534. The van der Waals surface area contributed by atoms with Crippen molar-refractivity contribution in [2.24, 2.45) is 0 Å². The number of imidazole rings is 2. The number of ether oxygens (including phenoxy) is 3. The maximum absolute atomic E-state index is 16.1. The third kappa shape index (κ3) is 5.43. The van der Waals surface area contributed by atoms with Crippen molar-refractivity contribution in [1.82, 2.24) is 43.8 Å². The molecule has 3 saturated heterocycles. The molecule has 4 aromatic heterocycles. The van der Waals surface area contributed by atoms with Crippen molar-refractivity contribution in [3.05, 3.63) is 29.3 Å². The summed E-state index contributed by atoms with van der Waals surface area (Å²) in [4.78, 5) is 45.9. The molecule has 4 aromatic rings. The molecule has 3 aliphatic rings. The predicted molar refractivity (Wildman–Crippen MR) is 155 cm³/mol. The van der Waals surface area contributed by atoms with Gasteiger partial charge in [-0.3, -0.25) is 23.4 Å². The van der Waals surface area contributed by atoms with Crippen LogP contribution in [0.1, 0.15) is 12.5 Å². The zero-order valence-corrected chi connectivity index (χ0v) is 25.8. The van der Waals surface area contributed by atoms with Gasteiger partial charge in [-0.1, -0.05) is 0 Å². The van der Waals surface area contributed by atoms with E-state index in [4.69, 9.17) is 50.7 Å². The first-order valence-electron chi connectivity index (χ1n) is 13.3. The second-order valence-electron chi connectivity index (χ2n) is 10.3. The highest BCUT2D eigenvalue weighted by Crippen LogP contribution is 2.50. The number of fused-ring (bicyclic) bond motifs is 5. The molecule has 46 heavy (non-hydrogen) atoms. The van der Waals surface area contributed by atoms with Crippen molar-refractivity contribution in [1.29, 1.82) is 0 Å². The molecule has 2 bridgehead atoms. The number of nitrogens with zero attached hydrogens (tertiary/aromatic N) is 7. The lowest BCUT2D eigenvalue weighted by Gasteiger charge is -2.26. The normalized spacial score (nSPS) is 35.0. The van der Waals surface area contributed by atoms with Crippen molar-refractivity contribution < 1.29 is 45.1 Å². The van der Waals surface area contributed by atoms with Crippen LogP contribution in [0.2, 0.25) is 0 Å². The Labute approximate surface area is 261 Å². The summed E-state index contributed by atoms with van der Waals surface area (Å²) >= 11 is 5.20. The molecule has 0 spiro atoms. The maximum Gasteiger partial charge on any atom is 0.336 e. The number of aromatic amines is 1. The summed E-state index contributed by atoms with van der Waals surface area (Å²) in [7, 11) is -3.42. The Morgan fingerprint density at radius 1 is 1.09 bits per heavy atom. The Morgan fingerprint density at radius 3 is 2.57 bits per heavy atom. The van der Waals surface area contributed by atoms with Gasteiger partial charge in [-0.15, -0.1) is 0 Å². The van der Waals surface area contributed by atoms with Crippen LogP contribution < -0.4 is 21.7 Å². The first-order chi connectivity index (χ1) is 21.9. The molecule has 0 aliphatic carbocycles. The topological polar surface area (TPSA) is 281 Å². The van der Waals surface area contributed by atoms with Crippen LogP contribution in [0.4, 0.5) is 16.2 Å². The number of nitrogens with one attached hydrogen (secondary N) is 2. The minimum absolute atomic E-state index is 0.0411. The molecule has 248 valence electrons. The van der Waals surface area contributed by atoms with E-state index in [1.807, 2.05) is 0 Å². The van der Waals surface area contributed by atoms with E-state index in [0.29, 0.717) is 0 Å². The second-order valence-corrected chi connectivity index (χ2v) is 14.5. The van der Waals surface area contributed by atoms with Crippen LogP contribution in [0, 0.1) is 0 Å². The van der Waals surface area contributed by atoms with Crippen LogP contribution >= 0.6 is 6.72 Å². The van der Waals surface area contributed by atoms with E-state index in [-0.39, 0.29) is 34.1 Å². The van der Waals surface area contributed by atoms with Gasteiger partial charge in [0, 0.05) is 13.7 Å². The molecule has 0 aromatic carbocycles. The Morgan fingerprint density at radius 2 is 1.80 bits per heavy atom. The summed E-state index contributed by atoms with van der Waals surface area (Å²) in [5.41, 5.74) is 11.1. The van der Waals surface area contributed by atoms with Gasteiger partial charge in [-0.2, -0.15) is 18.1 Å². The Bertz CT molecular complexity index is 2030. The van der Waals surface area contributed by atoms with Crippen molar-refractivity contribution in [2.75, 3.05) is 31.7 Å². The number of nitrogen functional groups attached to an aromatic ring is 2. The van der Waals surface area contributed by atoms with Crippen LogP contribution in [0.15, 0.2) is 23.8 Å². The molecule has 7 rings (SSSR count). The Hall–Kier alpha value is -3.29. The molecule has 0 radical (unpaired) electrons.